The fraction of sp³-hybridized carbons (Fsp3) is 0.312. The molecule has 0 aliphatic heterocycles. The molecule has 0 saturated heterocycles. The van der Waals surface area contributed by atoms with E-state index in [1.165, 1.54) is 13.0 Å². The summed E-state index contributed by atoms with van der Waals surface area (Å²) in [4.78, 5) is 35.5. The van der Waals surface area contributed by atoms with Gasteiger partial charge in [0.2, 0.25) is 0 Å². The summed E-state index contributed by atoms with van der Waals surface area (Å²) in [5, 5.41) is 9.67. The van der Waals surface area contributed by atoms with Crippen LogP contribution in [0.2, 0.25) is 0 Å². The Labute approximate surface area is 127 Å². The first-order valence-electron chi connectivity index (χ1n) is 6.94. The maximum atomic E-state index is 12.0. The zero-order valence-corrected chi connectivity index (χ0v) is 12.6. The molecule has 0 amide bonds. The van der Waals surface area contributed by atoms with E-state index in [4.69, 9.17) is 5.11 Å². The zero-order valence-electron chi connectivity index (χ0n) is 12.6. The van der Waals surface area contributed by atoms with Gasteiger partial charge < -0.3 is 14.6 Å². The van der Waals surface area contributed by atoms with Gasteiger partial charge in [-0.05, 0) is 31.2 Å². The second-order valence-electron chi connectivity index (χ2n) is 5.27. The molecule has 22 heavy (non-hydrogen) atoms. The second-order valence-corrected chi connectivity index (χ2v) is 5.27. The number of carboxylic acid groups (broad SMARTS) is 1. The van der Waals surface area contributed by atoms with Gasteiger partial charge >= 0.3 is 5.97 Å². The number of aliphatic carboxylic acids is 1. The van der Waals surface area contributed by atoms with Crippen molar-refractivity contribution < 1.29 is 14.7 Å². The highest BCUT2D eigenvalue weighted by Gasteiger charge is 2.09. The van der Waals surface area contributed by atoms with E-state index in [-0.39, 0.29) is 17.9 Å². The highest BCUT2D eigenvalue weighted by Crippen LogP contribution is 2.20. The lowest BCUT2D eigenvalue weighted by Crippen LogP contribution is -2.25. The number of Topliss-reactive ketones (excluding diaryl/α,β-unsaturated/α-hetero) is 1. The number of ketones is 1. The van der Waals surface area contributed by atoms with Gasteiger partial charge in [0, 0.05) is 37.2 Å². The van der Waals surface area contributed by atoms with E-state index in [2.05, 4.69) is 0 Å². The molecule has 6 heteroatoms. The third kappa shape index (κ3) is 3.52. The SMILES string of the molecule is CC(=O)CCn1c(=O)ccc2cc(N(C)CC(=O)O)ccc21. The summed E-state index contributed by atoms with van der Waals surface area (Å²) in [5.74, 6) is -0.879. The summed E-state index contributed by atoms with van der Waals surface area (Å²) in [6.07, 6.45) is 0.305. The number of carboxylic acids is 1. The molecule has 6 nitrogen and oxygen atoms in total. The molecule has 2 aromatic rings. The van der Waals surface area contributed by atoms with E-state index in [9.17, 15) is 14.4 Å². The molecule has 0 spiro atoms. The topological polar surface area (TPSA) is 79.6 Å². The van der Waals surface area contributed by atoms with Gasteiger partial charge in [-0.25, -0.2) is 0 Å². The fourth-order valence-electron chi connectivity index (χ4n) is 2.32. The average Bonchev–Trinajstić information content (AvgIpc) is 2.44. The van der Waals surface area contributed by atoms with Crippen molar-refractivity contribution in [2.75, 3.05) is 18.5 Å². The van der Waals surface area contributed by atoms with Crippen LogP contribution in [-0.2, 0) is 16.1 Å². The molecule has 1 aromatic carbocycles. The molecule has 0 atom stereocenters. The summed E-state index contributed by atoms with van der Waals surface area (Å²) >= 11 is 0. The lowest BCUT2D eigenvalue weighted by Gasteiger charge is -2.18. The molecule has 0 aliphatic carbocycles. The van der Waals surface area contributed by atoms with Crippen molar-refractivity contribution in [3.8, 4) is 0 Å². The van der Waals surface area contributed by atoms with E-state index in [1.54, 1.807) is 34.7 Å². The predicted octanol–water partition coefficient (Wildman–Crippen LogP) is 1.50. The molecule has 0 saturated carbocycles. The number of hydrogen-bond donors (Lipinski definition) is 1. The Balaban J connectivity index is 2.42. The average molecular weight is 302 g/mol. The Morgan fingerprint density at radius 2 is 1.95 bits per heavy atom. The first-order valence-corrected chi connectivity index (χ1v) is 6.94. The number of aromatic nitrogens is 1. The van der Waals surface area contributed by atoms with Crippen LogP contribution < -0.4 is 10.5 Å². The number of benzene rings is 1. The Hall–Kier alpha value is -2.63. The van der Waals surface area contributed by atoms with Crippen molar-refractivity contribution in [1.82, 2.24) is 4.57 Å². The van der Waals surface area contributed by atoms with E-state index >= 15 is 0 Å². The lowest BCUT2D eigenvalue weighted by molar-refractivity contribution is -0.135. The monoisotopic (exact) mass is 302 g/mol. The molecule has 1 N–H and O–H groups in total. The van der Waals surface area contributed by atoms with Crippen molar-refractivity contribution in [2.24, 2.45) is 0 Å². The number of nitrogens with zero attached hydrogens (tertiary/aromatic N) is 2. The number of likely N-dealkylation sites (N-methyl/N-ethyl adjacent to an activating group) is 1. The minimum atomic E-state index is -0.908. The van der Waals surface area contributed by atoms with Crippen molar-refractivity contribution in [2.45, 2.75) is 19.9 Å². The van der Waals surface area contributed by atoms with Gasteiger partial charge in [0.05, 0.1) is 5.52 Å². The fourth-order valence-corrected chi connectivity index (χ4v) is 2.32. The zero-order chi connectivity index (χ0) is 16.3. The Morgan fingerprint density at radius 3 is 2.59 bits per heavy atom. The highest BCUT2D eigenvalue weighted by atomic mass is 16.4. The van der Waals surface area contributed by atoms with Crippen molar-refractivity contribution in [1.29, 1.82) is 0 Å². The number of carbonyl (C=O) groups is 2. The summed E-state index contributed by atoms with van der Waals surface area (Å²) in [6, 6.07) is 8.56. The third-order valence-corrected chi connectivity index (χ3v) is 3.47. The molecule has 1 heterocycles. The molecular weight excluding hydrogens is 284 g/mol. The van der Waals surface area contributed by atoms with Gasteiger partial charge in [-0.1, -0.05) is 0 Å². The largest absolute Gasteiger partial charge is 0.480 e. The Morgan fingerprint density at radius 1 is 1.23 bits per heavy atom. The van der Waals surface area contributed by atoms with Gasteiger partial charge in [0.25, 0.3) is 5.56 Å². The molecule has 116 valence electrons. The van der Waals surface area contributed by atoms with Crippen LogP contribution in [0.3, 0.4) is 0 Å². The Kier molecular flexibility index (Phi) is 4.60. The van der Waals surface area contributed by atoms with Crippen LogP contribution >= 0.6 is 0 Å². The van der Waals surface area contributed by atoms with Crippen LogP contribution in [0, 0.1) is 0 Å². The van der Waals surface area contributed by atoms with Gasteiger partial charge in [0.15, 0.2) is 0 Å². The molecular formula is C16H18N2O4. The molecule has 1 aromatic heterocycles. The number of pyridine rings is 1. The quantitative estimate of drug-likeness (QED) is 0.874. The number of aryl methyl sites for hydroxylation is 1. The summed E-state index contributed by atoms with van der Waals surface area (Å²) in [6.45, 7) is 1.74. The highest BCUT2D eigenvalue weighted by molar-refractivity contribution is 5.84. The van der Waals surface area contributed by atoms with Crippen molar-refractivity contribution in [3.63, 3.8) is 0 Å². The molecule has 0 aliphatic rings. The van der Waals surface area contributed by atoms with E-state index < -0.39 is 5.97 Å². The summed E-state index contributed by atoms with van der Waals surface area (Å²) < 4.78 is 1.57. The molecule has 2 rings (SSSR count). The standard InChI is InChI=1S/C16H18N2O4/c1-11(19)7-8-18-14-5-4-13(17(2)10-16(21)22)9-12(14)3-6-15(18)20/h3-6,9H,7-8,10H2,1-2H3,(H,21,22). The third-order valence-electron chi connectivity index (χ3n) is 3.47. The van der Waals surface area contributed by atoms with E-state index in [0.717, 1.165) is 16.6 Å². The van der Waals surface area contributed by atoms with Crippen molar-refractivity contribution >= 4 is 28.3 Å². The predicted molar refractivity (Wildman–Crippen MR) is 84.4 cm³/mol. The van der Waals surface area contributed by atoms with E-state index in [1.807, 2.05) is 6.07 Å². The van der Waals surface area contributed by atoms with Crippen molar-refractivity contribution in [3.05, 3.63) is 40.7 Å². The first kappa shape index (κ1) is 15.8. The smallest absolute Gasteiger partial charge is 0.323 e. The number of rotatable bonds is 6. The lowest BCUT2D eigenvalue weighted by atomic mass is 10.1. The van der Waals surface area contributed by atoms with Crippen LogP contribution in [0.1, 0.15) is 13.3 Å². The van der Waals surface area contributed by atoms with Crippen LogP contribution in [0.5, 0.6) is 0 Å². The van der Waals surface area contributed by atoms with Crippen LogP contribution in [0.25, 0.3) is 10.9 Å². The molecule has 0 fully saturated rings. The maximum absolute atomic E-state index is 12.0. The molecule has 0 radical (unpaired) electrons. The molecule has 0 unspecified atom stereocenters. The normalized spacial score (nSPS) is 10.6. The van der Waals surface area contributed by atoms with Crippen LogP contribution in [0.15, 0.2) is 35.1 Å². The Bertz CT molecular complexity index is 779. The van der Waals surface area contributed by atoms with E-state index in [0.29, 0.717) is 13.0 Å². The summed E-state index contributed by atoms with van der Waals surface area (Å²) in [7, 11) is 1.70. The number of hydrogen-bond acceptors (Lipinski definition) is 4. The van der Waals surface area contributed by atoms with Gasteiger partial charge in [-0.3, -0.25) is 14.4 Å². The maximum Gasteiger partial charge on any atom is 0.323 e. The van der Waals surface area contributed by atoms with Crippen LogP contribution in [-0.4, -0.2) is 35.0 Å². The summed E-state index contributed by atoms with van der Waals surface area (Å²) in [5.41, 5.74) is 1.34. The second kappa shape index (κ2) is 6.43. The number of carbonyl (C=O) groups excluding carboxylic acids is 1. The molecule has 0 bridgehead atoms. The van der Waals surface area contributed by atoms with Crippen LogP contribution in [0.4, 0.5) is 5.69 Å². The number of anilines is 1. The number of fused-ring (bicyclic) bond motifs is 1. The minimum absolute atomic E-state index is 0.0294. The first-order chi connectivity index (χ1) is 10.4. The van der Waals surface area contributed by atoms with Gasteiger partial charge in [-0.2, -0.15) is 0 Å². The van der Waals surface area contributed by atoms with Gasteiger partial charge in [0.1, 0.15) is 12.3 Å². The minimum Gasteiger partial charge on any atom is -0.480 e. The van der Waals surface area contributed by atoms with Gasteiger partial charge in [-0.15, -0.1) is 0 Å².